The molecule has 0 saturated heterocycles. The van der Waals surface area contributed by atoms with Crippen LogP contribution in [-0.4, -0.2) is 27.2 Å². The molecule has 17 aromatic rings. The molecule has 0 spiro atoms. The Morgan fingerprint density at radius 3 is 1.93 bits per heavy atom. The fraction of sp³-hybridized carbons (Fsp3) is 0.240. The summed E-state index contributed by atoms with van der Waals surface area (Å²) in [6, 6.07) is 81.1. The zero-order valence-electron chi connectivity index (χ0n) is 62.7. The lowest BCUT2D eigenvalue weighted by Crippen LogP contribution is -2.57. The summed E-state index contributed by atoms with van der Waals surface area (Å²) in [5.74, 6) is 0.222. The summed E-state index contributed by atoms with van der Waals surface area (Å²) < 4.78 is 12.7. The summed E-state index contributed by atoms with van der Waals surface area (Å²) in [6.07, 6.45) is 6.65. The summed E-state index contributed by atoms with van der Waals surface area (Å²) >= 11 is 4.04. The lowest BCUT2D eigenvalue weighted by Gasteiger charge is -2.44. The highest BCUT2D eigenvalue weighted by Crippen LogP contribution is 2.64. The number of rotatable bonds is 2. The van der Waals surface area contributed by atoms with Crippen LogP contribution in [0.3, 0.4) is 0 Å². The molecule has 107 heavy (non-hydrogen) atoms. The van der Waals surface area contributed by atoms with Crippen LogP contribution in [0.1, 0.15) is 181 Å². The summed E-state index contributed by atoms with van der Waals surface area (Å²) in [5.41, 5.74) is 42.2. The van der Waals surface area contributed by atoms with Gasteiger partial charge in [0.05, 0.1) is 26.3 Å². The summed E-state index contributed by atoms with van der Waals surface area (Å²) in [7, 11) is 0. The monoisotopic (exact) mass is 1410 g/mol. The molecule has 3 nitrogen and oxygen atoms in total. The van der Waals surface area contributed by atoms with Gasteiger partial charge in [-0.1, -0.05) is 246 Å². The average Bonchev–Trinajstić information content (AvgIpc) is 1.55. The first-order valence-corrected chi connectivity index (χ1v) is 41.3. The number of aromatic nitrogens is 3. The maximum absolute atomic E-state index is 2.92. The Bertz CT molecular complexity index is 7280. The van der Waals surface area contributed by atoms with Crippen molar-refractivity contribution >= 4 is 164 Å². The molecular formula is C100H79B2N3S2. The molecule has 26 rings (SSSR count). The fourth-order valence-corrected chi connectivity index (χ4v) is 27.4. The number of benzene rings is 12. The van der Waals surface area contributed by atoms with Crippen molar-refractivity contribution in [2.75, 3.05) is 0 Å². The third-order valence-corrected chi connectivity index (χ3v) is 32.3. The van der Waals surface area contributed by atoms with E-state index >= 15 is 0 Å². The molecular weight excluding hydrogens is 1330 g/mol. The predicted molar refractivity (Wildman–Crippen MR) is 459 cm³/mol. The average molecular weight is 1410 g/mol. The normalized spacial score (nSPS) is 20.2. The third kappa shape index (κ3) is 6.90. The van der Waals surface area contributed by atoms with Crippen molar-refractivity contribution in [3.05, 3.63) is 267 Å². The van der Waals surface area contributed by atoms with E-state index in [-0.39, 0.29) is 52.1 Å². The molecule has 2 unspecified atom stereocenters. The number of para-hydroxylation sites is 3. The predicted octanol–water partition coefficient (Wildman–Crippen LogP) is 23.4. The smallest absolute Gasteiger partial charge is 0.333 e. The van der Waals surface area contributed by atoms with E-state index in [9.17, 15) is 0 Å². The quantitative estimate of drug-likeness (QED) is 0.153. The second kappa shape index (κ2) is 19.0. The molecule has 5 aromatic heterocycles. The maximum Gasteiger partial charge on any atom is 0.333 e. The van der Waals surface area contributed by atoms with Gasteiger partial charge in [0, 0.05) is 91.9 Å². The molecule has 9 heterocycles. The number of fused-ring (bicyclic) bond motifs is 32. The van der Waals surface area contributed by atoms with Gasteiger partial charge in [-0.15, -0.1) is 22.7 Å². The van der Waals surface area contributed by atoms with E-state index in [1.54, 1.807) is 33.4 Å². The Morgan fingerprint density at radius 2 is 1.08 bits per heavy atom. The summed E-state index contributed by atoms with van der Waals surface area (Å²) in [5, 5.41) is 13.8. The van der Waals surface area contributed by atoms with Crippen LogP contribution in [0.25, 0.3) is 145 Å². The third-order valence-electron chi connectivity index (χ3n) is 29.9. The molecule has 512 valence electrons. The molecule has 7 heteroatoms. The highest BCUT2D eigenvalue weighted by Gasteiger charge is 2.54. The van der Waals surface area contributed by atoms with Gasteiger partial charge in [0.15, 0.2) is 0 Å². The molecule has 0 saturated carbocycles. The molecule has 12 aromatic carbocycles. The van der Waals surface area contributed by atoms with E-state index in [0.717, 1.165) is 25.7 Å². The number of allylic oxidation sites excluding steroid dienone is 2. The molecule has 0 bridgehead atoms. The van der Waals surface area contributed by atoms with E-state index in [1.807, 2.05) is 11.3 Å². The first-order valence-electron chi connectivity index (χ1n) is 39.7. The van der Waals surface area contributed by atoms with Gasteiger partial charge in [-0.05, 0) is 223 Å². The molecule has 0 N–H and O–H groups in total. The van der Waals surface area contributed by atoms with E-state index < -0.39 is 0 Å². The van der Waals surface area contributed by atoms with Crippen molar-refractivity contribution in [1.29, 1.82) is 0 Å². The van der Waals surface area contributed by atoms with Crippen molar-refractivity contribution in [3.63, 3.8) is 0 Å². The Labute approximate surface area is 632 Å². The van der Waals surface area contributed by atoms with Crippen molar-refractivity contribution in [2.24, 2.45) is 0 Å². The maximum atomic E-state index is 2.92. The standard InChI is InChI=1S/C100H79B2N3S2/c1-95(2)38-39-96(3,4)73-48-70-64(46-71(73)95)65-45-68-80-59(84(65)99(70,9)10)27-20-33-75(80)101-86-66(43-52-22-12-13-23-54(52)82(68)86)56-26-18-31-63-88(56)104(101)92-67-47-72-74(49-79(67)106-93(63)92)100(11,41-40-97(72,5)6)50-51-36-37-55-53(42-51)44-77-87-81(55)60-28-19-29-61-83-58-25-15-17-35-78(58)107-94(83)105(89(60)61)102(87)76-34-21-30-62-85-91(103(77)90(62)76)57-24-14-16-32-69(57)98(85,7)8/h12-37,42-44,46-49,68H,38-41,45,50H2,1-11H3. The number of thiophene rings is 2. The van der Waals surface area contributed by atoms with Crippen molar-refractivity contribution in [3.8, 4) is 39.2 Å². The van der Waals surface area contributed by atoms with Crippen LogP contribution in [-0.2, 0) is 38.9 Å². The molecule has 0 fully saturated rings. The Hall–Kier alpha value is -9.91. The van der Waals surface area contributed by atoms with E-state index in [2.05, 4.69) is 301 Å². The van der Waals surface area contributed by atoms with Crippen LogP contribution in [0.4, 0.5) is 0 Å². The fourth-order valence-electron chi connectivity index (χ4n) is 24.9. The van der Waals surface area contributed by atoms with E-state index in [0.29, 0.717) is 0 Å². The van der Waals surface area contributed by atoms with Gasteiger partial charge < -0.3 is 13.5 Å². The van der Waals surface area contributed by atoms with Crippen molar-refractivity contribution in [2.45, 2.75) is 153 Å². The Balaban J connectivity index is 0.665. The van der Waals surface area contributed by atoms with Crippen LogP contribution in [0.2, 0.25) is 0 Å². The second-order valence-corrected chi connectivity index (χ2v) is 39.5. The summed E-state index contributed by atoms with van der Waals surface area (Å²) in [4.78, 5) is 1.37. The van der Waals surface area contributed by atoms with Crippen LogP contribution in [0, 0.1) is 0 Å². The highest BCUT2D eigenvalue weighted by molar-refractivity contribution is 7.27. The van der Waals surface area contributed by atoms with Crippen LogP contribution < -0.4 is 21.9 Å². The van der Waals surface area contributed by atoms with Gasteiger partial charge >= 0.3 is 13.7 Å². The van der Waals surface area contributed by atoms with Crippen LogP contribution in [0.5, 0.6) is 0 Å². The molecule has 0 amide bonds. The van der Waals surface area contributed by atoms with Crippen LogP contribution in [0.15, 0.2) is 200 Å². The zero-order valence-corrected chi connectivity index (χ0v) is 64.3. The molecule has 5 aliphatic carbocycles. The molecule has 0 radical (unpaired) electrons. The first-order chi connectivity index (χ1) is 51.7. The topological polar surface area (TPSA) is 14.8 Å². The van der Waals surface area contributed by atoms with Crippen molar-refractivity contribution in [1.82, 2.24) is 13.5 Å². The molecule has 4 aliphatic heterocycles. The SMILES string of the molecule is CC1(C)CCC(C)(C)c2cc3c(cc21)C1=C(c2cccc4c2C(C1)c1c2c(cc5ccccc15)-c1cccc5c6sc7cc8c(cc7c6n(c15)B42)C(C)(C)CCC8(C)Cc1ccc2c4c5c(cc2c1)-n1c2c(c6cccc(c61)B5n1c5sc6ccccc6c5c5cccc-4c51)C(C)(C)c1ccccc1-2)C3(C)C. The van der Waals surface area contributed by atoms with Crippen molar-refractivity contribution < 1.29 is 0 Å². The lowest BCUT2D eigenvalue weighted by molar-refractivity contribution is 0.311. The Morgan fingerprint density at radius 1 is 0.411 bits per heavy atom. The number of hydrogen-bond acceptors (Lipinski definition) is 2. The zero-order chi connectivity index (χ0) is 71.3. The lowest BCUT2D eigenvalue weighted by atomic mass is 9.40. The number of hydrogen-bond donors (Lipinski definition) is 0. The molecule has 2 atom stereocenters. The van der Waals surface area contributed by atoms with Crippen LogP contribution >= 0.6 is 22.7 Å². The second-order valence-electron chi connectivity index (χ2n) is 37.5. The minimum atomic E-state index is -0.172. The van der Waals surface area contributed by atoms with Gasteiger partial charge in [-0.2, -0.15) is 0 Å². The van der Waals surface area contributed by atoms with E-state index in [4.69, 9.17) is 0 Å². The Kier molecular flexibility index (Phi) is 10.7. The van der Waals surface area contributed by atoms with Gasteiger partial charge in [-0.25, -0.2) is 0 Å². The minimum Gasteiger partial charge on any atom is -0.374 e. The highest BCUT2D eigenvalue weighted by atomic mass is 32.1. The first kappa shape index (κ1) is 60.1. The largest absolute Gasteiger partial charge is 0.374 e. The summed E-state index contributed by atoms with van der Waals surface area (Å²) in [6.45, 7) is 27.8. The van der Waals surface area contributed by atoms with Gasteiger partial charge in [-0.3, -0.25) is 0 Å². The molecule has 9 aliphatic rings. The van der Waals surface area contributed by atoms with Gasteiger partial charge in [0.2, 0.25) is 0 Å². The van der Waals surface area contributed by atoms with Gasteiger partial charge in [0.1, 0.15) is 0 Å². The van der Waals surface area contributed by atoms with E-state index in [1.165, 1.54) is 213 Å². The van der Waals surface area contributed by atoms with Gasteiger partial charge in [0.25, 0.3) is 0 Å². The number of nitrogens with zero attached hydrogens (tertiary/aromatic N) is 3. The minimum absolute atomic E-state index is 0.00206.